The number of ether oxygens (including phenoxy) is 1. The number of carbonyl (C=O) groups excluding carboxylic acids is 1. The lowest BCUT2D eigenvalue weighted by Crippen LogP contribution is -2.22. The summed E-state index contributed by atoms with van der Waals surface area (Å²) in [5.74, 6) is 0.310. The molecule has 3 atom stereocenters. The first-order valence-corrected chi connectivity index (χ1v) is 9.90. The molecular weight excluding hydrogens is 333 g/mol. The molecule has 0 aromatic heterocycles. The van der Waals surface area contributed by atoms with Gasteiger partial charge in [-0.05, 0) is 49.7 Å². The van der Waals surface area contributed by atoms with E-state index in [9.17, 15) is 9.18 Å². The molecule has 1 aliphatic rings. The zero-order chi connectivity index (χ0) is 18.6. The molecule has 5 heteroatoms. The highest BCUT2D eigenvalue weighted by Crippen LogP contribution is 2.38. The number of nitrogens with one attached hydrogen (secondary N) is 1. The van der Waals surface area contributed by atoms with Gasteiger partial charge in [-0.25, -0.2) is 4.39 Å². The monoisotopic (exact) mass is 365 g/mol. The second-order valence-electron chi connectivity index (χ2n) is 7.16. The van der Waals surface area contributed by atoms with Crippen molar-refractivity contribution in [1.29, 1.82) is 0 Å². The van der Waals surface area contributed by atoms with Crippen molar-refractivity contribution in [2.75, 3.05) is 25.1 Å². The molecule has 0 spiro atoms. The number of rotatable bonds is 12. The Morgan fingerprint density at radius 1 is 1.15 bits per heavy atom. The van der Waals surface area contributed by atoms with Crippen LogP contribution >= 0.6 is 0 Å². The summed E-state index contributed by atoms with van der Waals surface area (Å²) in [6.45, 7) is 0.792. The number of unbranched alkanes of at least 4 members (excludes halogenated alkanes) is 3. The third-order valence-corrected chi connectivity index (χ3v) is 5.25. The van der Waals surface area contributed by atoms with Crippen molar-refractivity contribution >= 4 is 11.7 Å². The van der Waals surface area contributed by atoms with E-state index in [0.717, 1.165) is 50.8 Å². The maximum atomic E-state index is 14.3. The molecule has 0 radical (unpaired) electrons. The predicted molar refractivity (Wildman–Crippen MR) is 102 cm³/mol. The Kier molecular flexibility index (Phi) is 9.46. The van der Waals surface area contributed by atoms with Crippen LogP contribution in [0.25, 0.3) is 0 Å². The number of anilines is 1. The van der Waals surface area contributed by atoms with Gasteiger partial charge in [-0.3, -0.25) is 4.79 Å². The Morgan fingerprint density at radius 3 is 2.69 bits per heavy atom. The molecule has 0 bridgehead atoms. The van der Waals surface area contributed by atoms with Gasteiger partial charge < -0.3 is 15.2 Å². The van der Waals surface area contributed by atoms with Gasteiger partial charge in [0.25, 0.3) is 0 Å². The first-order valence-electron chi connectivity index (χ1n) is 9.90. The van der Waals surface area contributed by atoms with Gasteiger partial charge in [0.1, 0.15) is 12.8 Å². The van der Waals surface area contributed by atoms with Crippen LogP contribution in [0.2, 0.25) is 0 Å². The van der Waals surface area contributed by atoms with Gasteiger partial charge in [0.05, 0.1) is 6.61 Å². The minimum atomic E-state index is -0.675. The molecule has 2 N–H and O–H groups in total. The Morgan fingerprint density at radius 2 is 1.92 bits per heavy atom. The lowest BCUT2D eigenvalue weighted by molar-refractivity contribution is -0.144. The van der Waals surface area contributed by atoms with Crippen LogP contribution in [-0.2, 0) is 9.53 Å². The van der Waals surface area contributed by atoms with Crippen LogP contribution in [0.3, 0.4) is 0 Å². The largest absolute Gasteiger partial charge is 0.463 e. The average molecular weight is 365 g/mol. The van der Waals surface area contributed by atoms with Crippen LogP contribution < -0.4 is 5.32 Å². The zero-order valence-electron chi connectivity index (χ0n) is 15.5. The molecule has 0 amide bonds. The molecule has 26 heavy (non-hydrogen) atoms. The number of alkyl halides is 1. The molecule has 0 saturated heterocycles. The first kappa shape index (κ1) is 20.7. The number of hydrogen-bond acceptors (Lipinski definition) is 4. The number of esters is 1. The minimum absolute atomic E-state index is 0.0802. The molecular formula is C21H32FNO3. The van der Waals surface area contributed by atoms with E-state index >= 15 is 0 Å². The summed E-state index contributed by atoms with van der Waals surface area (Å²) in [7, 11) is 0. The van der Waals surface area contributed by atoms with E-state index in [2.05, 4.69) is 5.32 Å². The number of benzene rings is 1. The van der Waals surface area contributed by atoms with E-state index < -0.39 is 6.17 Å². The van der Waals surface area contributed by atoms with Crippen molar-refractivity contribution in [2.45, 2.75) is 57.5 Å². The summed E-state index contributed by atoms with van der Waals surface area (Å²) >= 11 is 0. The van der Waals surface area contributed by atoms with Crippen LogP contribution in [0, 0.1) is 11.8 Å². The van der Waals surface area contributed by atoms with E-state index in [1.54, 1.807) is 0 Å². The number of hydrogen-bond donors (Lipinski definition) is 2. The van der Waals surface area contributed by atoms with Crippen molar-refractivity contribution in [3.05, 3.63) is 30.3 Å². The van der Waals surface area contributed by atoms with Crippen LogP contribution in [0.5, 0.6) is 0 Å². The Bertz CT molecular complexity index is 511. The first-order chi connectivity index (χ1) is 12.7. The highest BCUT2D eigenvalue weighted by molar-refractivity contribution is 5.69. The predicted octanol–water partition coefficient (Wildman–Crippen LogP) is 4.34. The highest BCUT2D eigenvalue weighted by Gasteiger charge is 2.35. The highest BCUT2D eigenvalue weighted by atomic mass is 19.1. The second-order valence-corrected chi connectivity index (χ2v) is 7.16. The fraction of sp³-hybridized carbons (Fsp3) is 0.667. The SMILES string of the molecule is O=C(CCCCCC[C@H]1C(F)CC[C@@H]1CNc1ccccc1)OCCO. The standard InChI is InChI=1S/C21H32FNO3/c22-20-13-12-17(16-23-18-8-4-3-5-9-18)19(20)10-6-1-2-7-11-21(25)26-15-14-24/h3-5,8-9,17,19-20,23-24H,1-2,6-7,10-16H2/t17-,19-,20?/m1/s1. The van der Waals surface area contributed by atoms with Gasteiger partial charge in [0, 0.05) is 18.7 Å². The van der Waals surface area contributed by atoms with E-state index in [1.807, 2.05) is 30.3 Å². The van der Waals surface area contributed by atoms with Gasteiger partial charge in [0.2, 0.25) is 0 Å². The van der Waals surface area contributed by atoms with E-state index in [1.165, 1.54) is 0 Å². The van der Waals surface area contributed by atoms with Gasteiger partial charge in [0.15, 0.2) is 0 Å². The van der Waals surface area contributed by atoms with Crippen LogP contribution in [0.15, 0.2) is 30.3 Å². The van der Waals surface area contributed by atoms with Crippen LogP contribution in [-0.4, -0.2) is 37.0 Å². The van der Waals surface area contributed by atoms with Crippen molar-refractivity contribution in [1.82, 2.24) is 0 Å². The molecule has 146 valence electrons. The number of aliphatic hydroxyl groups excluding tert-OH is 1. The maximum Gasteiger partial charge on any atom is 0.305 e. The fourth-order valence-corrected chi connectivity index (χ4v) is 3.81. The fourth-order valence-electron chi connectivity index (χ4n) is 3.81. The van der Waals surface area contributed by atoms with Gasteiger partial charge in [-0.1, -0.05) is 37.5 Å². The molecule has 1 aromatic carbocycles. The lowest BCUT2D eigenvalue weighted by atomic mass is 9.89. The third-order valence-electron chi connectivity index (χ3n) is 5.25. The Labute approximate surface area is 156 Å². The maximum absolute atomic E-state index is 14.3. The number of aliphatic hydroxyl groups is 1. The summed E-state index contributed by atoms with van der Waals surface area (Å²) in [6.07, 6.45) is 6.10. The third kappa shape index (κ3) is 7.32. The molecule has 0 heterocycles. The normalized spacial score (nSPS) is 22.3. The molecule has 0 aliphatic heterocycles. The molecule has 1 aliphatic carbocycles. The minimum Gasteiger partial charge on any atom is -0.463 e. The van der Waals surface area contributed by atoms with Gasteiger partial charge in [-0.2, -0.15) is 0 Å². The van der Waals surface area contributed by atoms with Crippen molar-refractivity contribution in [3.63, 3.8) is 0 Å². The van der Waals surface area contributed by atoms with Crippen molar-refractivity contribution in [2.24, 2.45) is 11.8 Å². The van der Waals surface area contributed by atoms with E-state index in [4.69, 9.17) is 9.84 Å². The van der Waals surface area contributed by atoms with E-state index in [0.29, 0.717) is 18.8 Å². The van der Waals surface area contributed by atoms with Gasteiger partial charge in [-0.15, -0.1) is 0 Å². The second kappa shape index (κ2) is 11.9. The van der Waals surface area contributed by atoms with Crippen molar-refractivity contribution in [3.8, 4) is 0 Å². The summed E-state index contributed by atoms with van der Waals surface area (Å²) in [4.78, 5) is 11.3. The molecule has 4 nitrogen and oxygen atoms in total. The van der Waals surface area contributed by atoms with E-state index in [-0.39, 0.29) is 25.1 Å². The quantitative estimate of drug-likeness (QED) is 0.427. The topological polar surface area (TPSA) is 58.6 Å². The Hall–Kier alpha value is -1.62. The zero-order valence-corrected chi connectivity index (χ0v) is 15.5. The Balaban J connectivity index is 1.60. The summed E-state index contributed by atoms with van der Waals surface area (Å²) in [5.41, 5.74) is 1.10. The lowest BCUT2D eigenvalue weighted by Gasteiger charge is -2.22. The number of halogens is 1. The summed E-state index contributed by atoms with van der Waals surface area (Å²) in [6, 6.07) is 10.1. The molecule has 1 fully saturated rings. The number of carbonyl (C=O) groups is 1. The molecule has 1 unspecified atom stereocenters. The van der Waals surface area contributed by atoms with Crippen molar-refractivity contribution < 1.29 is 19.0 Å². The summed E-state index contributed by atoms with van der Waals surface area (Å²) in [5, 5.41) is 12.0. The average Bonchev–Trinajstić information content (AvgIpc) is 3.01. The number of para-hydroxylation sites is 1. The molecule has 1 saturated carbocycles. The molecule has 2 rings (SSSR count). The summed E-state index contributed by atoms with van der Waals surface area (Å²) < 4.78 is 19.1. The van der Waals surface area contributed by atoms with Gasteiger partial charge >= 0.3 is 5.97 Å². The smallest absolute Gasteiger partial charge is 0.305 e. The van der Waals surface area contributed by atoms with Crippen LogP contribution in [0.4, 0.5) is 10.1 Å². The molecule has 1 aromatic rings. The van der Waals surface area contributed by atoms with Crippen LogP contribution in [0.1, 0.15) is 51.4 Å².